The highest BCUT2D eigenvalue weighted by molar-refractivity contribution is 4.85. The Balaban J connectivity index is 0. The number of hydrogen-bond donors (Lipinski definition) is 0. The van der Waals surface area contributed by atoms with E-state index in [9.17, 15) is 0 Å². The van der Waals surface area contributed by atoms with Crippen LogP contribution in [0.3, 0.4) is 0 Å². The zero-order chi connectivity index (χ0) is 28.0. The maximum absolute atomic E-state index is 6.08. The minimum atomic E-state index is 0.458. The van der Waals surface area contributed by atoms with Gasteiger partial charge in [-0.2, -0.15) is 0 Å². The molecule has 0 fully saturated rings. The van der Waals surface area contributed by atoms with Crippen LogP contribution in [0.25, 0.3) is 0 Å². The zero-order valence-electron chi connectivity index (χ0n) is 27.7. The standard InChI is InChI=1S/C18H38O.C16H34/c1-13(2)9-17(15(5)6)11-19-12-18(16(7)8)10-14(3)4;1-9-16(10-13(2)3,11-14(4)5)12-15(6,7)8/h13-18H,9-12H2,1-8H3;13-14H,9-12H2,1-8H3. The molecule has 0 aliphatic carbocycles. The molecule has 0 N–H and O–H groups in total. The summed E-state index contributed by atoms with van der Waals surface area (Å²) in [4.78, 5) is 0. The fourth-order valence-corrected chi connectivity index (χ4v) is 6.15. The molecule has 0 aromatic rings. The molecule has 0 radical (unpaired) electrons. The van der Waals surface area contributed by atoms with Gasteiger partial charge in [0.25, 0.3) is 0 Å². The van der Waals surface area contributed by atoms with Gasteiger partial charge in [-0.25, -0.2) is 0 Å². The van der Waals surface area contributed by atoms with Crippen LogP contribution in [0.5, 0.6) is 0 Å². The van der Waals surface area contributed by atoms with Gasteiger partial charge in [-0.3, -0.25) is 0 Å². The first-order chi connectivity index (χ1) is 15.8. The van der Waals surface area contributed by atoms with Crippen molar-refractivity contribution in [2.75, 3.05) is 13.2 Å². The Labute approximate surface area is 225 Å². The van der Waals surface area contributed by atoms with Crippen LogP contribution in [-0.4, -0.2) is 13.2 Å². The molecule has 1 nitrogen and oxygen atoms in total. The SMILES string of the molecule is CC(C)CC(COCC(CC(C)C)C(C)C)C(C)C.CCC(CC(C)C)(CC(C)C)CC(C)(C)C. The van der Waals surface area contributed by atoms with Gasteiger partial charge in [0.1, 0.15) is 0 Å². The topological polar surface area (TPSA) is 9.23 Å². The number of ether oxygens (including phenoxy) is 1. The summed E-state index contributed by atoms with van der Waals surface area (Å²) in [5, 5.41) is 0. The van der Waals surface area contributed by atoms with E-state index in [1.807, 2.05) is 0 Å². The summed E-state index contributed by atoms with van der Waals surface area (Å²) < 4.78 is 6.08. The largest absolute Gasteiger partial charge is 0.381 e. The Kier molecular flexibility index (Phi) is 19.4. The summed E-state index contributed by atoms with van der Waals surface area (Å²) in [7, 11) is 0. The highest BCUT2D eigenvalue weighted by Crippen LogP contribution is 2.45. The maximum atomic E-state index is 6.08. The highest BCUT2D eigenvalue weighted by Gasteiger charge is 2.34. The van der Waals surface area contributed by atoms with Gasteiger partial charge in [-0.1, -0.05) is 117 Å². The van der Waals surface area contributed by atoms with Crippen molar-refractivity contribution >= 4 is 0 Å². The minimum absolute atomic E-state index is 0.458. The average molecular weight is 497 g/mol. The van der Waals surface area contributed by atoms with Crippen molar-refractivity contribution in [1.82, 2.24) is 0 Å². The molecule has 0 saturated heterocycles. The van der Waals surface area contributed by atoms with Crippen LogP contribution >= 0.6 is 0 Å². The first kappa shape index (κ1) is 37.1. The molecule has 0 heterocycles. The molecule has 0 bridgehead atoms. The number of hydrogen-bond acceptors (Lipinski definition) is 1. The molecule has 214 valence electrons. The highest BCUT2D eigenvalue weighted by atomic mass is 16.5. The third kappa shape index (κ3) is 20.7. The summed E-state index contributed by atoms with van der Waals surface area (Å²) in [6.45, 7) is 39.4. The Morgan fingerprint density at radius 2 is 0.886 bits per heavy atom. The van der Waals surface area contributed by atoms with E-state index < -0.39 is 0 Å². The fourth-order valence-electron chi connectivity index (χ4n) is 6.15. The molecule has 0 aliphatic heterocycles. The Morgan fingerprint density at radius 1 is 0.543 bits per heavy atom. The lowest BCUT2D eigenvalue weighted by Crippen LogP contribution is -2.29. The van der Waals surface area contributed by atoms with E-state index in [1.165, 1.54) is 38.5 Å². The molecule has 0 amide bonds. The molecule has 35 heavy (non-hydrogen) atoms. The monoisotopic (exact) mass is 497 g/mol. The predicted molar refractivity (Wildman–Crippen MR) is 162 cm³/mol. The van der Waals surface area contributed by atoms with Crippen molar-refractivity contribution < 1.29 is 4.74 Å². The average Bonchev–Trinajstić information content (AvgIpc) is 2.63. The van der Waals surface area contributed by atoms with Gasteiger partial charge in [0.2, 0.25) is 0 Å². The first-order valence-corrected chi connectivity index (χ1v) is 15.4. The Morgan fingerprint density at radius 3 is 1.09 bits per heavy atom. The van der Waals surface area contributed by atoms with Crippen LogP contribution in [-0.2, 0) is 4.74 Å². The molecule has 2 unspecified atom stereocenters. The maximum Gasteiger partial charge on any atom is 0.0496 e. The normalized spacial score (nSPS) is 14.9. The van der Waals surface area contributed by atoms with Crippen LogP contribution < -0.4 is 0 Å². The molecule has 0 rings (SSSR count). The van der Waals surface area contributed by atoms with Gasteiger partial charge in [0, 0.05) is 13.2 Å². The second kappa shape index (κ2) is 18.3. The van der Waals surface area contributed by atoms with E-state index in [1.54, 1.807) is 0 Å². The van der Waals surface area contributed by atoms with Gasteiger partial charge >= 0.3 is 0 Å². The lowest BCUT2D eigenvalue weighted by Gasteiger charge is -2.41. The van der Waals surface area contributed by atoms with Crippen LogP contribution in [0.4, 0.5) is 0 Å². The van der Waals surface area contributed by atoms with Crippen LogP contribution in [0.2, 0.25) is 0 Å². The molecule has 0 aromatic heterocycles. The summed E-state index contributed by atoms with van der Waals surface area (Å²) >= 11 is 0. The zero-order valence-corrected chi connectivity index (χ0v) is 27.7. The van der Waals surface area contributed by atoms with Gasteiger partial charge in [-0.15, -0.1) is 0 Å². The third-order valence-electron chi connectivity index (χ3n) is 7.44. The molecule has 2 atom stereocenters. The quantitative estimate of drug-likeness (QED) is 0.206. The summed E-state index contributed by atoms with van der Waals surface area (Å²) in [5.41, 5.74) is 1.03. The minimum Gasteiger partial charge on any atom is -0.381 e. The molecular weight excluding hydrogens is 424 g/mol. The summed E-state index contributed by atoms with van der Waals surface area (Å²) in [5.74, 6) is 6.07. The lowest BCUT2D eigenvalue weighted by atomic mass is 9.64. The molecular formula is C34H72O. The van der Waals surface area contributed by atoms with Crippen molar-refractivity contribution in [3.8, 4) is 0 Å². The van der Waals surface area contributed by atoms with Gasteiger partial charge in [0.05, 0.1) is 0 Å². The van der Waals surface area contributed by atoms with E-state index in [4.69, 9.17) is 4.74 Å². The summed E-state index contributed by atoms with van der Waals surface area (Å²) in [6, 6.07) is 0. The summed E-state index contributed by atoms with van der Waals surface area (Å²) in [6.07, 6.45) is 8.05. The van der Waals surface area contributed by atoms with Crippen molar-refractivity contribution in [1.29, 1.82) is 0 Å². The smallest absolute Gasteiger partial charge is 0.0496 e. The first-order valence-electron chi connectivity index (χ1n) is 15.4. The van der Waals surface area contributed by atoms with E-state index in [2.05, 4.69) is 111 Å². The Bertz CT molecular complexity index is 445. The van der Waals surface area contributed by atoms with Crippen molar-refractivity contribution in [2.45, 2.75) is 149 Å². The second-order valence-corrected chi connectivity index (χ2v) is 15.6. The fraction of sp³-hybridized carbons (Fsp3) is 1.00. The molecule has 0 aromatic carbocycles. The molecule has 0 aliphatic rings. The van der Waals surface area contributed by atoms with Gasteiger partial charge < -0.3 is 4.74 Å². The Hall–Kier alpha value is -0.0400. The molecule has 0 spiro atoms. The molecule has 1 heteroatoms. The van der Waals surface area contributed by atoms with E-state index in [0.29, 0.717) is 22.7 Å². The molecule has 0 saturated carbocycles. The van der Waals surface area contributed by atoms with E-state index in [0.717, 1.165) is 48.7 Å². The van der Waals surface area contributed by atoms with Crippen LogP contribution in [0, 0.1) is 58.2 Å². The van der Waals surface area contributed by atoms with Crippen LogP contribution in [0.15, 0.2) is 0 Å². The third-order valence-corrected chi connectivity index (χ3v) is 7.44. The van der Waals surface area contributed by atoms with Crippen LogP contribution in [0.1, 0.15) is 149 Å². The van der Waals surface area contributed by atoms with E-state index >= 15 is 0 Å². The van der Waals surface area contributed by atoms with Crippen molar-refractivity contribution in [2.24, 2.45) is 58.2 Å². The van der Waals surface area contributed by atoms with Gasteiger partial charge in [-0.05, 0) is 90.3 Å². The van der Waals surface area contributed by atoms with Crippen molar-refractivity contribution in [3.05, 3.63) is 0 Å². The second-order valence-electron chi connectivity index (χ2n) is 15.6. The van der Waals surface area contributed by atoms with E-state index in [-0.39, 0.29) is 0 Å². The number of rotatable bonds is 16. The van der Waals surface area contributed by atoms with Gasteiger partial charge in [0.15, 0.2) is 0 Å². The predicted octanol–water partition coefficient (Wildman–Crippen LogP) is 11.6. The lowest BCUT2D eigenvalue weighted by molar-refractivity contribution is 0.0350. The van der Waals surface area contributed by atoms with Crippen molar-refractivity contribution in [3.63, 3.8) is 0 Å².